The van der Waals surface area contributed by atoms with E-state index in [1.165, 1.54) is 0 Å². The molecule has 0 aliphatic rings. The fourth-order valence-electron chi connectivity index (χ4n) is 0.720. The minimum atomic E-state index is -2.76. The number of carboxylic acids is 2. The molecule has 1 unspecified atom stereocenters. The molecule has 1 N–H and O–H groups in total. The standard InChI is InChI=1S/C6H8O7.Pb.U/c7-3(8)1-6(13,5(11)12)2-4(9)10;;/h13H,1-2H2,(H,7,8)(H,9,10)(H,11,12);;/q;+2;+1/p-3. The summed E-state index contributed by atoms with van der Waals surface area (Å²) >= 11 is -0.177. The van der Waals surface area contributed by atoms with Crippen LogP contribution in [0.5, 0.6) is 0 Å². The van der Waals surface area contributed by atoms with Crippen LogP contribution in [0.1, 0.15) is 12.8 Å². The zero-order chi connectivity index (χ0) is 11.4. The van der Waals surface area contributed by atoms with E-state index in [1.54, 1.807) is 0 Å². The normalized spacial score (nSPS) is 13.3. The first-order valence-electron chi connectivity index (χ1n) is 3.32. The topological polar surface area (TPSA) is 127 Å². The number of carboxylic acid groups (broad SMARTS) is 2. The zero-order valence-electron chi connectivity index (χ0n) is 7.31. The summed E-state index contributed by atoms with van der Waals surface area (Å²) in [6.45, 7) is 0. The van der Waals surface area contributed by atoms with E-state index in [4.69, 9.17) is 0 Å². The fourth-order valence-corrected chi connectivity index (χ4v) is 1.02. The molecule has 1 atom stereocenters. The molecule has 0 saturated carbocycles. The third kappa shape index (κ3) is 6.50. The summed E-state index contributed by atoms with van der Waals surface area (Å²) in [4.78, 5) is 31.1. The number of rotatable bonds is 5. The minimum Gasteiger partial charge on any atom is 2.00 e. The Labute approximate surface area is 124 Å². The molecule has 0 aromatic carbocycles. The Morgan fingerprint density at radius 2 is 1.73 bits per heavy atom. The van der Waals surface area contributed by atoms with Crippen molar-refractivity contribution in [2.24, 2.45) is 0 Å². The quantitative estimate of drug-likeness (QED) is 0.303. The molecule has 79 valence electrons. The van der Waals surface area contributed by atoms with Crippen LogP contribution in [0.3, 0.4) is 0 Å². The van der Waals surface area contributed by atoms with Gasteiger partial charge in [-0.15, -0.1) is 0 Å². The molecule has 0 spiro atoms. The molecule has 0 aliphatic carbocycles. The van der Waals surface area contributed by atoms with Crippen LogP contribution in [0.2, 0.25) is 0 Å². The van der Waals surface area contributed by atoms with Crippen LogP contribution in [0.4, 0.5) is 0 Å². The van der Waals surface area contributed by atoms with E-state index in [2.05, 4.69) is 2.24 Å². The van der Waals surface area contributed by atoms with Gasteiger partial charge in [-0.3, -0.25) is 0 Å². The van der Waals surface area contributed by atoms with Crippen molar-refractivity contribution >= 4 is 45.2 Å². The van der Waals surface area contributed by atoms with Gasteiger partial charge in [0.1, 0.15) is 0 Å². The Bertz CT molecular complexity index is 268. The van der Waals surface area contributed by atoms with E-state index >= 15 is 0 Å². The van der Waals surface area contributed by atoms with Gasteiger partial charge in [-0.2, -0.15) is 0 Å². The van der Waals surface area contributed by atoms with Gasteiger partial charge >= 0.3 is 126 Å². The summed E-state index contributed by atoms with van der Waals surface area (Å²) in [6, 6.07) is 0. The van der Waals surface area contributed by atoms with Crippen molar-refractivity contribution in [2.45, 2.75) is 18.4 Å². The van der Waals surface area contributed by atoms with E-state index in [0.29, 0.717) is 0 Å². The number of aliphatic carboxylic acids is 2. The molecule has 15 heavy (non-hydrogen) atoms. The molecule has 7 nitrogen and oxygen atoms in total. The SMILES string of the molecule is O=C([O-])CC(O)(CC(=O)[O][U])C(=O)[O-].[Pb+2]. The van der Waals surface area contributed by atoms with E-state index in [0.717, 1.165) is 0 Å². The maximum absolute atomic E-state index is 10.7. The van der Waals surface area contributed by atoms with Crippen molar-refractivity contribution < 1.29 is 61.9 Å². The summed E-state index contributed by atoms with van der Waals surface area (Å²) < 4.78 is 4.24. The van der Waals surface area contributed by atoms with Crippen molar-refractivity contribution in [3.05, 3.63) is 0 Å². The zero-order valence-corrected chi connectivity index (χ0v) is 15.4. The summed E-state index contributed by atoms with van der Waals surface area (Å²) in [6.07, 6.45) is -2.17. The minimum absolute atomic E-state index is 0. The Morgan fingerprint density at radius 1 is 1.27 bits per heavy atom. The number of carbonyl (C=O) groups is 3. The van der Waals surface area contributed by atoms with Crippen LogP contribution in [0, 0.1) is 29.9 Å². The predicted octanol–water partition coefficient (Wildman–Crippen LogP) is -4.38. The molecular weight excluding hydrogens is 629 g/mol. The second kappa shape index (κ2) is 7.59. The van der Waals surface area contributed by atoms with E-state index < -0.39 is 36.4 Å². The van der Waals surface area contributed by atoms with Gasteiger partial charge < -0.3 is 0 Å². The van der Waals surface area contributed by atoms with Gasteiger partial charge in [-0.25, -0.2) is 0 Å². The monoisotopic (exact) mass is 635 g/mol. The smallest absolute Gasteiger partial charge is 2.00 e. The summed E-state index contributed by atoms with van der Waals surface area (Å²) in [5.74, 6) is -4.82. The second-order valence-corrected chi connectivity index (χ2v) is 3.37. The van der Waals surface area contributed by atoms with Crippen molar-refractivity contribution in [1.82, 2.24) is 0 Å². The number of hydrogen-bond acceptors (Lipinski definition) is 7. The number of hydrogen-bond donors (Lipinski definition) is 1. The first-order valence-corrected chi connectivity index (χ1v) is 5.02. The molecule has 0 heterocycles. The molecule has 0 aliphatic heterocycles. The van der Waals surface area contributed by atoms with Gasteiger partial charge in [0.2, 0.25) is 0 Å². The van der Waals surface area contributed by atoms with Crippen LogP contribution in [0.25, 0.3) is 0 Å². The number of carbonyl (C=O) groups excluding carboxylic acids is 3. The largest absolute Gasteiger partial charge is 2.00 e. The maximum Gasteiger partial charge on any atom is 2.00 e. The molecule has 0 saturated heterocycles. The summed E-state index contributed by atoms with van der Waals surface area (Å²) in [5.41, 5.74) is -2.76. The third-order valence-electron chi connectivity index (χ3n) is 1.37. The van der Waals surface area contributed by atoms with Gasteiger partial charge in [0.15, 0.2) is 0 Å². The van der Waals surface area contributed by atoms with Gasteiger partial charge in [0.05, 0.1) is 0 Å². The van der Waals surface area contributed by atoms with E-state index in [-0.39, 0.29) is 57.2 Å². The van der Waals surface area contributed by atoms with Crippen LogP contribution >= 0.6 is 0 Å². The molecule has 0 amide bonds. The Morgan fingerprint density at radius 3 is 2.00 bits per heavy atom. The van der Waals surface area contributed by atoms with Crippen LogP contribution in [-0.2, 0) is 16.6 Å². The van der Waals surface area contributed by atoms with Gasteiger partial charge in [0.25, 0.3) is 0 Å². The van der Waals surface area contributed by atoms with E-state index in [1.807, 2.05) is 0 Å². The van der Waals surface area contributed by atoms with Crippen molar-refractivity contribution in [2.75, 3.05) is 0 Å². The van der Waals surface area contributed by atoms with Gasteiger partial charge in [0, 0.05) is 0 Å². The molecule has 0 aromatic rings. The molecule has 0 aromatic heterocycles. The van der Waals surface area contributed by atoms with Gasteiger partial charge in [-0.1, -0.05) is 0 Å². The molecule has 0 fully saturated rings. The Balaban J connectivity index is 0. The summed E-state index contributed by atoms with van der Waals surface area (Å²) in [5, 5.41) is 29.6. The maximum atomic E-state index is 10.7. The Kier molecular flexibility index (Phi) is 8.97. The first-order chi connectivity index (χ1) is 6.31. The Hall–Kier alpha value is 0.344. The molecule has 9 heteroatoms. The molecule has 2 radical (unpaired) electrons. The van der Waals surface area contributed by atoms with Crippen molar-refractivity contribution in [3.63, 3.8) is 0 Å². The van der Waals surface area contributed by atoms with Crippen molar-refractivity contribution in [1.29, 1.82) is 0 Å². The predicted molar refractivity (Wildman–Crippen MR) is 36.0 cm³/mol. The fraction of sp³-hybridized carbons (Fsp3) is 0.500. The van der Waals surface area contributed by atoms with Gasteiger partial charge in [-0.05, 0) is 0 Å². The van der Waals surface area contributed by atoms with E-state index in [9.17, 15) is 29.7 Å². The molecular formula is C6H5O7PbU. The average molecular weight is 634 g/mol. The van der Waals surface area contributed by atoms with Crippen molar-refractivity contribution in [3.8, 4) is 0 Å². The third-order valence-corrected chi connectivity index (χ3v) is 2.32. The molecule has 0 bridgehead atoms. The molecule has 0 rings (SSSR count). The second-order valence-electron chi connectivity index (χ2n) is 2.52. The van der Waals surface area contributed by atoms with Crippen LogP contribution in [-0.4, -0.2) is 55.9 Å². The number of aliphatic hydroxyl groups is 1. The summed E-state index contributed by atoms with van der Waals surface area (Å²) in [7, 11) is 0. The van der Waals surface area contributed by atoms with Crippen LogP contribution in [0.15, 0.2) is 0 Å². The average Bonchev–Trinajstić information content (AvgIpc) is 2.02. The first kappa shape index (κ1) is 17.7. The van der Waals surface area contributed by atoms with Crippen LogP contribution < -0.4 is 10.2 Å².